The van der Waals surface area contributed by atoms with Crippen LogP contribution < -0.4 is 29.6 Å². The van der Waals surface area contributed by atoms with Crippen LogP contribution in [0.25, 0.3) is 5.48 Å². The normalized spacial score (nSPS) is 8.43. The third-order valence-corrected chi connectivity index (χ3v) is 1.73. The summed E-state index contributed by atoms with van der Waals surface area (Å²) in [6.07, 6.45) is 0.163. The molecule has 1 amide bonds. The molecule has 0 radical (unpaired) electrons. The molecule has 5 nitrogen and oxygen atoms in total. The number of nitrogens with zero attached hydrogens (tertiary/aromatic N) is 1. The van der Waals surface area contributed by atoms with Crippen LogP contribution in [0.15, 0.2) is 0 Å². The SMILES string of the molecule is CCC(=O)O[N-]C(=O)CSC(C)=O.[Na+]. The van der Waals surface area contributed by atoms with Crippen molar-refractivity contribution in [2.45, 2.75) is 20.3 Å². The van der Waals surface area contributed by atoms with Crippen LogP contribution in [0.4, 0.5) is 0 Å². The minimum Gasteiger partial charge on any atom is -0.529 e. The minimum atomic E-state index is -0.623. The van der Waals surface area contributed by atoms with Gasteiger partial charge in [-0.3, -0.25) is 9.59 Å². The van der Waals surface area contributed by atoms with E-state index in [-0.39, 0.29) is 46.8 Å². The van der Waals surface area contributed by atoms with Crippen molar-refractivity contribution in [3.63, 3.8) is 0 Å². The Morgan fingerprint density at radius 1 is 1.36 bits per heavy atom. The maximum Gasteiger partial charge on any atom is 1.00 e. The van der Waals surface area contributed by atoms with Gasteiger partial charge in [-0.25, -0.2) is 0 Å². The van der Waals surface area contributed by atoms with Crippen LogP contribution >= 0.6 is 11.8 Å². The maximum atomic E-state index is 10.8. The Bertz CT molecular complexity index is 222. The summed E-state index contributed by atoms with van der Waals surface area (Å²) < 4.78 is 0. The molecule has 0 aromatic heterocycles. The maximum absolute atomic E-state index is 10.8. The first-order valence-electron chi connectivity index (χ1n) is 3.63. The van der Waals surface area contributed by atoms with Gasteiger partial charge >= 0.3 is 29.6 Å². The molecule has 7 heteroatoms. The molecule has 0 saturated carbocycles. The predicted molar refractivity (Wildman–Crippen MR) is 47.9 cm³/mol. The van der Waals surface area contributed by atoms with Crippen molar-refractivity contribution >= 4 is 28.8 Å². The second kappa shape index (κ2) is 9.51. The zero-order valence-corrected chi connectivity index (χ0v) is 11.2. The topological polar surface area (TPSA) is 74.5 Å². The Labute approximate surface area is 109 Å². The molecule has 14 heavy (non-hydrogen) atoms. The molecule has 0 spiro atoms. The third kappa shape index (κ3) is 10.0. The monoisotopic (exact) mass is 227 g/mol. The van der Waals surface area contributed by atoms with E-state index < -0.39 is 11.9 Å². The summed E-state index contributed by atoms with van der Waals surface area (Å²) in [5.41, 5.74) is 3.01. The summed E-state index contributed by atoms with van der Waals surface area (Å²) in [7, 11) is 0. The van der Waals surface area contributed by atoms with Crippen LogP contribution in [0.5, 0.6) is 0 Å². The van der Waals surface area contributed by atoms with Gasteiger partial charge in [-0.1, -0.05) is 18.7 Å². The molecule has 74 valence electrons. The Morgan fingerprint density at radius 2 is 1.93 bits per heavy atom. The predicted octanol–water partition coefficient (Wildman–Crippen LogP) is -1.96. The summed E-state index contributed by atoms with van der Waals surface area (Å²) in [4.78, 5) is 35.9. The number of carbonyl (C=O) groups excluding carboxylic acids is 3. The number of carbonyl (C=O) groups is 3. The van der Waals surface area contributed by atoms with Crippen molar-refractivity contribution in [1.82, 2.24) is 0 Å². The van der Waals surface area contributed by atoms with Gasteiger partial charge in [0.15, 0.2) is 5.12 Å². The van der Waals surface area contributed by atoms with Gasteiger partial charge in [0.25, 0.3) is 5.97 Å². The molecule has 0 N–H and O–H groups in total. The molecule has 0 heterocycles. The first-order valence-corrected chi connectivity index (χ1v) is 4.62. The second-order valence-corrected chi connectivity index (χ2v) is 3.23. The average molecular weight is 227 g/mol. The largest absolute Gasteiger partial charge is 1.00 e. The van der Waals surface area contributed by atoms with Gasteiger partial charge in [-0.05, 0) is 0 Å². The first kappa shape index (κ1) is 16.4. The first-order chi connectivity index (χ1) is 6.06. The van der Waals surface area contributed by atoms with Crippen molar-refractivity contribution in [2.75, 3.05) is 5.75 Å². The van der Waals surface area contributed by atoms with Crippen molar-refractivity contribution in [1.29, 1.82) is 0 Å². The van der Waals surface area contributed by atoms with Gasteiger partial charge in [0, 0.05) is 19.1 Å². The van der Waals surface area contributed by atoms with Crippen molar-refractivity contribution < 1.29 is 48.8 Å². The second-order valence-electron chi connectivity index (χ2n) is 2.08. The quantitative estimate of drug-likeness (QED) is 0.413. The molecule has 0 aromatic rings. The molecule has 0 rings (SSSR count). The number of hydrogen-bond acceptors (Lipinski definition) is 5. The number of hydrogen-bond donors (Lipinski definition) is 0. The molecular formula is C7H10NNaO4S. The van der Waals surface area contributed by atoms with E-state index >= 15 is 0 Å². The molecule has 0 unspecified atom stereocenters. The molecule has 0 bridgehead atoms. The zero-order valence-electron chi connectivity index (χ0n) is 8.40. The molecule has 0 aliphatic heterocycles. The zero-order chi connectivity index (χ0) is 10.3. The van der Waals surface area contributed by atoms with Crippen LogP contribution in [0, 0.1) is 0 Å². The molecule has 0 fully saturated rings. The van der Waals surface area contributed by atoms with E-state index in [1.807, 2.05) is 0 Å². The van der Waals surface area contributed by atoms with Crippen molar-refractivity contribution in [3.05, 3.63) is 5.48 Å². The molecule has 0 aromatic carbocycles. The summed E-state index contributed by atoms with van der Waals surface area (Å²) in [5, 5.41) is -0.176. The van der Waals surface area contributed by atoms with Crippen molar-refractivity contribution in [2.24, 2.45) is 0 Å². The summed E-state index contributed by atoms with van der Waals surface area (Å²) in [5.74, 6) is -1.28. The van der Waals surface area contributed by atoms with E-state index in [1.54, 1.807) is 6.92 Å². The summed E-state index contributed by atoms with van der Waals surface area (Å²) in [6, 6.07) is 0. The smallest absolute Gasteiger partial charge is 0.529 e. The van der Waals surface area contributed by atoms with Crippen LogP contribution in [-0.2, 0) is 19.2 Å². The molecule has 0 aliphatic carbocycles. The third-order valence-electron chi connectivity index (χ3n) is 0.937. The Morgan fingerprint density at radius 3 is 2.36 bits per heavy atom. The fraction of sp³-hybridized carbons (Fsp3) is 0.571. The Balaban J connectivity index is 0. The number of hydroxylamine groups is 1. The minimum absolute atomic E-state index is 0. The molecule has 0 saturated heterocycles. The van der Waals surface area contributed by atoms with Gasteiger partial charge in [0.2, 0.25) is 0 Å². The standard InChI is InChI=1S/C7H11NO4S.Na/c1-3-7(11)12-8-6(10)4-13-5(2)9;/h3-4H2,1-2H3,(H,8,10);/q;+1/p-1. The Hall–Kier alpha value is -0.0400. The molecule has 0 aliphatic rings. The van der Waals surface area contributed by atoms with Gasteiger partial charge in [0.05, 0.1) is 5.91 Å². The van der Waals surface area contributed by atoms with Crippen LogP contribution in [0.3, 0.4) is 0 Å². The number of thioether (sulfide) groups is 1. The van der Waals surface area contributed by atoms with Crippen LogP contribution in [-0.4, -0.2) is 22.7 Å². The van der Waals surface area contributed by atoms with E-state index in [2.05, 4.69) is 10.3 Å². The fourth-order valence-corrected chi connectivity index (χ4v) is 0.736. The summed E-state index contributed by atoms with van der Waals surface area (Å²) in [6.45, 7) is 2.93. The van der Waals surface area contributed by atoms with E-state index in [0.29, 0.717) is 0 Å². The summed E-state index contributed by atoms with van der Waals surface area (Å²) >= 11 is 0.825. The van der Waals surface area contributed by atoms with Gasteiger partial charge in [-0.2, -0.15) is 0 Å². The molecule has 0 atom stereocenters. The van der Waals surface area contributed by atoms with Crippen molar-refractivity contribution in [3.8, 4) is 0 Å². The Kier molecular flexibility index (Phi) is 11.1. The van der Waals surface area contributed by atoms with E-state index in [9.17, 15) is 14.4 Å². The van der Waals surface area contributed by atoms with Gasteiger partial charge < -0.3 is 15.1 Å². The fourth-order valence-electron chi connectivity index (χ4n) is 0.356. The van der Waals surface area contributed by atoms with Crippen LogP contribution in [0.1, 0.15) is 20.3 Å². The number of amides is 1. The number of rotatable bonds is 3. The van der Waals surface area contributed by atoms with E-state index in [0.717, 1.165) is 11.8 Å². The van der Waals surface area contributed by atoms with Gasteiger partial charge in [-0.15, -0.1) is 0 Å². The van der Waals surface area contributed by atoms with E-state index in [4.69, 9.17) is 0 Å². The van der Waals surface area contributed by atoms with E-state index in [1.165, 1.54) is 6.92 Å². The molecular weight excluding hydrogens is 217 g/mol. The van der Waals surface area contributed by atoms with Crippen LogP contribution in [0.2, 0.25) is 0 Å². The van der Waals surface area contributed by atoms with Gasteiger partial charge in [0.1, 0.15) is 0 Å². The average Bonchev–Trinajstić information content (AvgIpc) is 2.10.